The predicted molar refractivity (Wildman–Crippen MR) is 43.3 cm³/mol. The van der Waals surface area contributed by atoms with E-state index in [1.807, 2.05) is 12.4 Å². The fraction of sp³-hybridized carbons (Fsp3) is 0.375. The summed E-state index contributed by atoms with van der Waals surface area (Å²) in [6, 6.07) is 4.12. The summed E-state index contributed by atoms with van der Waals surface area (Å²) in [6.07, 6.45) is 6.06. The second kappa shape index (κ2) is 4.94. The maximum absolute atomic E-state index is 3.93. The topological polar surface area (TPSA) is 47.9 Å². The second-order valence-corrected chi connectivity index (χ2v) is 2.11. The molecular formula is C8H14N2. The van der Waals surface area contributed by atoms with Crippen molar-refractivity contribution in [1.82, 2.24) is 11.1 Å². The Balaban J connectivity index is 0.000000810. The summed E-state index contributed by atoms with van der Waals surface area (Å²) in [5.41, 5.74) is 1.38. The van der Waals surface area contributed by atoms with Gasteiger partial charge in [-0.2, -0.15) is 0 Å². The summed E-state index contributed by atoms with van der Waals surface area (Å²) in [5.74, 6) is 0. The molecule has 0 aliphatic heterocycles. The van der Waals surface area contributed by atoms with Gasteiger partial charge < -0.3 is 6.15 Å². The molecule has 0 fully saturated rings. The van der Waals surface area contributed by atoms with Crippen molar-refractivity contribution < 1.29 is 0 Å². The van der Waals surface area contributed by atoms with E-state index in [1.165, 1.54) is 18.4 Å². The molecule has 1 heterocycles. The van der Waals surface area contributed by atoms with Crippen LogP contribution in [0.25, 0.3) is 0 Å². The summed E-state index contributed by atoms with van der Waals surface area (Å²) in [7, 11) is 0. The molecule has 0 spiro atoms. The van der Waals surface area contributed by atoms with Crippen LogP contribution in [-0.2, 0) is 6.42 Å². The maximum Gasteiger partial charge on any atom is 0.0270 e. The van der Waals surface area contributed by atoms with Crippen LogP contribution in [0.4, 0.5) is 0 Å². The Bertz CT molecular complexity index is 160. The van der Waals surface area contributed by atoms with Gasteiger partial charge in [0.2, 0.25) is 0 Å². The molecule has 3 N–H and O–H groups in total. The highest BCUT2D eigenvalue weighted by Gasteiger charge is 1.85. The van der Waals surface area contributed by atoms with Crippen LogP contribution in [-0.4, -0.2) is 4.98 Å². The Kier molecular flexibility index (Phi) is 4.50. The predicted octanol–water partition coefficient (Wildman–Crippen LogP) is 2.20. The first-order valence-electron chi connectivity index (χ1n) is 3.32. The number of aryl methyl sites for hydroxylation is 1. The van der Waals surface area contributed by atoms with Crippen molar-refractivity contribution in [2.45, 2.75) is 19.8 Å². The molecule has 0 atom stereocenters. The van der Waals surface area contributed by atoms with E-state index in [0.717, 1.165) is 0 Å². The molecule has 1 aromatic heterocycles. The molecule has 0 aromatic carbocycles. The third-order valence-electron chi connectivity index (χ3n) is 1.29. The lowest BCUT2D eigenvalue weighted by atomic mass is 10.2. The lowest BCUT2D eigenvalue weighted by Crippen LogP contribution is -1.80. The van der Waals surface area contributed by atoms with Gasteiger partial charge >= 0.3 is 0 Å². The van der Waals surface area contributed by atoms with Crippen LogP contribution in [0, 0.1) is 0 Å². The van der Waals surface area contributed by atoms with E-state index in [9.17, 15) is 0 Å². The van der Waals surface area contributed by atoms with E-state index in [4.69, 9.17) is 0 Å². The monoisotopic (exact) mass is 138 g/mol. The minimum Gasteiger partial charge on any atom is -0.344 e. The Labute approximate surface area is 61.9 Å². The first kappa shape index (κ1) is 9.11. The zero-order chi connectivity index (χ0) is 6.53. The molecule has 0 bridgehead atoms. The number of hydrogen-bond donors (Lipinski definition) is 1. The smallest absolute Gasteiger partial charge is 0.0270 e. The van der Waals surface area contributed by atoms with E-state index in [-0.39, 0.29) is 6.15 Å². The molecule has 0 aliphatic carbocycles. The van der Waals surface area contributed by atoms with Gasteiger partial charge in [0.1, 0.15) is 0 Å². The van der Waals surface area contributed by atoms with Gasteiger partial charge in [-0.25, -0.2) is 0 Å². The van der Waals surface area contributed by atoms with Crippen molar-refractivity contribution in [2.75, 3.05) is 0 Å². The zero-order valence-corrected chi connectivity index (χ0v) is 6.38. The van der Waals surface area contributed by atoms with Crippen molar-refractivity contribution >= 4 is 0 Å². The summed E-state index contributed by atoms with van der Waals surface area (Å²) < 4.78 is 0. The SMILES string of the molecule is CCCc1ccncc1.N. The Morgan fingerprint density at radius 3 is 2.40 bits per heavy atom. The molecule has 0 amide bonds. The quantitative estimate of drug-likeness (QED) is 0.681. The fourth-order valence-corrected chi connectivity index (χ4v) is 0.838. The molecule has 2 heteroatoms. The van der Waals surface area contributed by atoms with Gasteiger partial charge in [0, 0.05) is 12.4 Å². The van der Waals surface area contributed by atoms with Gasteiger partial charge in [-0.1, -0.05) is 13.3 Å². The average molecular weight is 138 g/mol. The van der Waals surface area contributed by atoms with Gasteiger partial charge in [0.25, 0.3) is 0 Å². The van der Waals surface area contributed by atoms with Crippen molar-refractivity contribution in [2.24, 2.45) is 0 Å². The van der Waals surface area contributed by atoms with Crippen LogP contribution < -0.4 is 6.15 Å². The van der Waals surface area contributed by atoms with Gasteiger partial charge in [-0.05, 0) is 24.1 Å². The molecule has 2 nitrogen and oxygen atoms in total. The van der Waals surface area contributed by atoms with E-state index < -0.39 is 0 Å². The Hall–Kier alpha value is -0.890. The molecule has 0 radical (unpaired) electrons. The molecule has 0 saturated carbocycles. The third kappa shape index (κ3) is 2.60. The fourth-order valence-electron chi connectivity index (χ4n) is 0.838. The molecule has 0 saturated heterocycles. The number of aromatic nitrogens is 1. The number of rotatable bonds is 2. The highest BCUT2D eigenvalue weighted by molar-refractivity contribution is 5.09. The second-order valence-electron chi connectivity index (χ2n) is 2.11. The van der Waals surface area contributed by atoms with E-state index in [2.05, 4.69) is 24.0 Å². The molecular weight excluding hydrogens is 124 g/mol. The third-order valence-corrected chi connectivity index (χ3v) is 1.29. The zero-order valence-electron chi connectivity index (χ0n) is 6.38. The van der Waals surface area contributed by atoms with Crippen LogP contribution in [0.15, 0.2) is 24.5 Å². The lowest BCUT2D eigenvalue weighted by molar-refractivity contribution is 0.918. The van der Waals surface area contributed by atoms with Gasteiger partial charge in [0.15, 0.2) is 0 Å². The largest absolute Gasteiger partial charge is 0.344 e. The minimum absolute atomic E-state index is 0. The highest BCUT2D eigenvalue weighted by Crippen LogP contribution is 1.98. The standard InChI is InChI=1S/C8H11N.H3N/c1-2-3-8-4-6-9-7-5-8;/h4-7H,2-3H2,1H3;1H3. The van der Waals surface area contributed by atoms with Crippen LogP contribution in [0.5, 0.6) is 0 Å². The van der Waals surface area contributed by atoms with Gasteiger partial charge in [-0.15, -0.1) is 0 Å². The molecule has 1 rings (SSSR count). The highest BCUT2D eigenvalue weighted by atomic mass is 14.6. The van der Waals surface area contributed by atoms with Crippen molar-refractivity contribution in [3.63, 3.8) is 0 Å². The van der Waals surface area contributed by atoms with E-state index in [1.54, 1.807) is 0 Å². The molecule has 56 valence electrons. The Morgan fingerprint density at radius 2 is 1.90 bits per heavy atom. The van der Waals surface area contributed by atoms with Crippen LogP contribution in [0.2, 0.25) is 0 Å². The minimum atomic E-state index is 0. The normalized spacial score (nSPS) is 8.50. The van der Waals surface area contributed by atoms with Crippen molar-refractivity contribution in [1.29, 1.82) is 0 Å². The van der Waals surface area contributed by atoms with Crippen molar-refractivity contribution in [3.05, 3.63) is 30.1 Å². The van der Waals surface area contributed by atoms with Crippen molar-refractivity contribution in [3.8, 4) is 0 Å². The van der Waals surface area contributed by atoms with Crippen LogP contribution in [0.3, 0.4) is 0 Å². The molecule has 1 aromatic rings. The molecule has 0 aliphatic rings. The van der Waals surface area contributed by atoms with Gasteiger partial charge in [-0.3, -0.25) is 4.98 Å². The summed E-state index contributed by atoms with van der Waals surface area (Å²) in [6.45, 7) is 2.18. The van der Waals surface area contributed by atoms with E-state index in [0.29, 0.717) is 0 Å². The van der Waals surface area contributed by atoms with Crippen LogP contribution >= 0.6 is 0 Å². The van der Waals surface area contributed by atoms with Gasteiger partial charge in [0.05, 0.1) is 0 Å². The first-order valence-corrected chi connectivity index (χ1v) is 3.32. The lowest BCUT2D eigenvalue weighted by Gasteiger charge is -1.93. The Morgan fingerprint density at radius 1 is 1.30 bits per heavy atom. The van der Waals surface area contributed by atoms with Crippen LogP contribution in [0.1, 0.15) is 18.9 Å². The first-order chi connectivity index (χ1) is 4.43. The summed E-state index contributed by atoms with van der Waals surface area (Å²) >= 11 is 0. The maximum atomic E-state index is 3.93. The number of pyridine rings is 1. The number of hydrogen-bond acceptors (Lipinski definition) is 2. The summed E-state index contributed by atoms with van der Waals surface area (Å²) in [4.78, 5) is 3.93. The molecule has 10 heavy (non-hydrogen) atoms. The average Bonchev–Trinajstić information content (AvgIpc) is 1.91. The van der Waals surface area contributed by atoms with E-state index >= 15 is 0 Å². The summed E-state index contributed by atoms with van der Waals surface area (Å²) in [5, 5.41) is 0. The molecule has 0 unspecified atom stereocenters. The number of nitrogens with zero attached hydrogens (tertiary/aromatic N) is 1.